The molecule has 3 N–H and O–H groups in total. The van der Waals surface area contributed by atoms with Crippen LogP contribution in [0.4, 0.5) is 0 Å². The normalized spacial score (nSPS) is 12.7. The highest BCUT2D eigenvalue weighted by Gasteiger charge is 2.20. The Morgan fingerprint density at radius 1 is 0.828 bits per heavy atom. The number of carbonyl (C=O) groups is 2. The molecule has 0 aliphatic carbocycles. The first kappa shape index (κ1) is 20.5. The highest BCUT2D eigenvalue weighted by Crippen LogP contribution is 2.19. The van der Waals surface area contributed by atoms with E-state index < -0.39 is 22.7 Å². The van der Waals surface area contributed by atoms with E-state index in [0.717, 1.165) is 11.1 Å². The lowest BCUT2D eigenvalue weighted by Crippen LogP contribution is -2.45. The molecule has 3 aromatic rings. The summed E-state index contributed by atoms with van der Waals surface area (Å²) in [5.41, 5.74) is 7.91. The van der Waals surface area contributed by atoms with Crippen molar-refractivity contribution in [2.75, 3.05) is 5.75 Å². The van der Waals surface area contributed by atoms with Crippen LogP contribution in [0.15, 0.2) is 89.8 Å². The fraction of sp³-hybridized carbons (Fsp3) is 0.130. The van der Waals surface area contributed by atoms with Gasteiger partial charge in [0.1, 0.15) is 6.04 Å². The third-order valence-electron chi connectivity index (χ3n) is 4.50. The first-order valence-corrected chi connectivity index (χ1v) is 10.6. The Bertz CT molecular complexity index is 990. The number of nitrogens with two attached hydrogens (primary N) is 1. The Morgan fingerprint density at radius 3 is 1.97 bits per heavy atom. The molecule has 0 saturated heterocycles. The number of carbonyl (C=O) groups excluding carboxylic acids is 2. The largest absolute Gasteiger partial charge is 0.368 e. The molecule has 2 amide bonds. The predicted molar refractivity (Wildman–Crippen MR) is 115 cm³/mol. The quantitative estimate of drug-likeness (QED) is 0.602. The molecule has 0 aliphatic rings. The fourth-order valence-electron chi connectivity index (χ4n) is 2.89. The number of nitrogens with one attached hydrogen (secondary N) is 1. The standard InChI is InChI=1S/C23H22N2O3S/c24-22(26)21(15-16-29(28)20-9-5-2-6-10-20)25-23(27)19-13-11-18(12-14-19)17-7-3-1-4-8-17/h1-14,21H,15-16H2,(H2,24,26)(H,25,27)/t21-,29-/m0/s1. The van der Waals surface area contributed by atoms with E-state index >= 15 is 0 Å². The summed E-state index contributed by atoms with van der Waals surface area (Å²) in [7, 11) is -1.26. The van der Waals surface area contributed by atoms with E-state index in [4.69, 9.17) is 5.73 Å². The molecule has 0 unspecified atom stereocenters. The maximum absolute atomic E-state index is 12.5. The Morgan fingerprint density at radius 2 is 1.38 bits per heavy atom. The van der Waals surface area contributed by atoms with Crippen LogP contribution in [-0.4, -0.2) is 27.8 Å². The lowest BCUT2D eigenvalue weighted by atomic mass is 10.0. The summed E-state index contributed by atoms with van der Waals surface area (Å²) in [6.45, 7) is 0. The van der Waals surface area contributed by atoms with Crippen molar-refractivity contribution < 1.29 is 13.8 Å². The molecule has 3 rings (SSSR count). The zero-order chi connectivity index (χ0) is 20.6. The zero-order valence-corrected chi connectivity index (χ0v) is 16.6. The van der Waals surface area contributed by atoms with Crippen LogP contribution in [0.5, 0.6) is 0 Å². The Kier molecular flexibility index (Phi) is 6.92. The SMILES string of the molecule is NC(=O)[C@H](CC[S@](=O)c1ccccc1)NC(=O)c1ccc(-c2ccccc2)cc1. The zero-order valence-electron chi connectivity index (χ0n) is 15.8. The molecule has 148 valence electrons. The van der Waals surface area contributed by atoms with Crippen LogP contribution in [0.2, 0.25) is 0 Å². The molecule has 5 nitrogen and oxygen atoms in total. The first-order valence-electron chi connectivity index (χ1n) is 9.23. The third kappa shape index (κ3) is 5.62. The van der Waals surface area contributed by atoms with Gasteiger partial charge < -0.3 is 11.1 Å². The highest BCUT2D eigenvalue weighted by atomic mass is 32.2. The van der Waals surface area contributed by atoms with Crippen LogP contribution in [0, 0.1) is 0 Å². The Labute approximate surface area is 172 Å². The van der Waals surface area contributed by atoms with Crippen LogP contribution in [0.25, 0.3) is 11.1 Å². The van der Waals surface area contributed by atoms with Gasteiger partial charge in [-0.3, -0.25) is 13.8 Å². The summed E-state index contributed by atoms with van der Waals surface area (Å²) in [5.74, 6) is -0.812. The summed E-state index contributed by atoms with van der Waals surface area (Å²) >= 11 is 0. The van der Waals surface area contributed by atoms with Crippen LogP contribution in [0.1, 0.15) is 16.8 Å². The van der Waals surface area contributed by atoms with Gasteiger partial charge in [-0.15, -0.1) is 0 Å². The van der Waals surface area contributed by atoms with Crippen LogP contribution in [0.3, 0.4) is 0 Å². The lowest BCUT2D eigenvalue weighted by Gasteiger charge is -2.15. The maximum atomic E-state index is 12.5. The number of benzene rings is 3. The van der Waals surface area contributed by atoms with Gasteiger partial charge in [0.25, 0.3) is 5.91 Å². The highest BCUT2D eigenvalue weighted by molar-refractivity contribution is 7.85. The molecular weight excluding hydrogens is 384 g/mol. The van der Waals surface area contributed by atoms with Crippen LogP contribution >= 0.6 is 0 Å². The lowest BCUT2D eigenvalue weighted by molar-refractivity contribution is -0.119. The molecule has 6 heteroatoms. The van der Waals surface area contributed by atoms with Gasteiger partial charge in [0.15, 0.2) is 0 Å². The number of hydrogen-bond acceptors (Lipinski definition) is 3. The van der Waals surface area contributed by atoms with Gasteiger partial charge in [0.05, 0.1) is 10.8 Å². The number of hydrogen-bond donors (Lipinski definition) is 2. The van der Waals surface area contributed by atoms with Crippen molar-refractivity contribution in [2.24, 2.45) is 5.73 Å². The molecule has 0 radical (unpaired) electrons. The molecule has 0 heterocycles. The van der Waals surface area contributed by atoms with E-state index in [1.165, 1.54) is 0 Å². The van der Waals surface area contributed by atoms with Gasteiger partial charge in [-0.2, -0.15) is 0 Å². The Balaban J connectivity index is 1.62. The predicted octanol–water partition coefficient (Wildman–Crippen LogP) is 3.14. The van der Waals surface area contributed by atoms with Crippen LogP contribution in [-0.2, 0) is 15.6 Å². The number of primary amides is 1. The molecule has 0 aliphatic heterocycles. The molecule has 2 atom stereocenters. The summed E-state index contributed by atoms with van der Waals surface area (Å²) in [5, 5.41) is 2.65. The Hall–Kier alpha value is -3.25. The average molecular weight is 407 g/mol. The molecule has 0 spiro atoms. The van der Waals surface area contributed by atoms with Crippen molar-refractivity contribution in [2.45, 2.75) is 17.4 Å². The van der Waals surface area contributed by atoms with E-state index in [2.05, 4.69) is 5.32 Å². The summed E-state index contributed by atoms with van der Waals surface area (Å²) in [4.78, 5) is 25.0. The van der Waals surface area contributed by atoms with Crippen molar-refractivity contribution >= 4 is 22.6 Å². The molecule has 29 heavy (non-hydrogen) atoms. The molecule has 0 bridgehead atoms. The van der Waals surface area contributed by atoms with Crippen molar-refractivity contribution in [3.8, 4) is 11.1 Å². The monoisotopic (exact) mass is 406 g/mol. The summed E-state index contributed by atoms with van der Waals surface area (Å²) < 4.78 is 12.3. The van der Waals surface area contributed by atoms with Gasteiger partial charge in [0, 0.05) is 16.2 Å². The van der Waals surface area contributed by atoms with Crippen molar-refractivity contribution in [3.63, 3.8) is 0 Å². The van der Waals surface area contributed by atoms with Crippen molar-refractivity contribution in [3.05, 3.63) is 90.5 Å². The smallest absolute Gasteiger partial charge is 0.251 e. The summed E-state index contributed by atoms with van der Waals surface area (Å²) in [6, 6.07) is 25.1. The molecule has 0 fully saturated rings. The number of amides is 2. The second-order valence-electron chi connectivity index (χ2n) is 6.52. The number of rotatable bonds is 8. The van der Waals surface area contributed by atoms with E-state index in [9.17, 15) is 13.8 Å². The van der Waals surface area contributed by atoms with Crippen LogP contribution < -0.4 is 11.1 Å². The first-order chi connectivity index (χ1) is 14.0. The molecule has 0 saturated carbocycles. The molecule has 0 aromatic heterocycles. The third-order valence-corrected chi connectivity index (χ3v) is 5.91. The van der Waals surface area contributed by atoms with Gasteiger partial charge >= 0.3 is 0 Å². The van der Waals surface area contributed by atoms with E-state index in [-0.39, 0.29) is 18.1 Å². The van der Waals surface area contributed by atoms with E-state index in [1.54, 1.807) is 36.4 Å². The minimum absolute atomic E-state index is 0.199. The molecule has 3 aromatic carbocycles. The minimum atomic E-state index is -1.26. The van der Waals surface area contributed by atoms with Gasteiger partial charge in [0.2, 0.25) is 5.91 Å². The molecular formula is C23H22N2O3S. The minimum Gasteiger partial charge on any atom is -0.368 e. The van der Waals surface area contributed by atoms with E-state index in [0.29, 0.717) is 10.5 Å². The van der Waals surface area contributed by atoms with Gasteiger partial charge in [-0.1, -0.05) is 60.7 Å². The second-order valence-corrected chi connectivity index (χ2v) is 8.09. The van der Waals surface area contributed by atoms with Gasteiger partial charge in [-0.05, 0) is 41.8 Å². The fourth-order valence-corrected chi connectivity index (χ4v) is 4.03. The van der Waals surface area contributed by atoms with Crippen molar-refractivity contribution in [1.29, 1.82) is 0 Å². The van der Waals surface area contributed by atoms with E-state index in [1.807, 2.05) is 48.5 Å². The average Bonchev–Trinajstić information content (AvgIpc) is 2.77. The second kappa shape index (κ2) is 9.80. The van der Waals surface area contributed by atoms with Gasteiger partial charge in [-0.25, -0.2) is 0 Å². The maximum Gasteiger partial charge on any atom is 0.251 e. The topological polar surface area (TPSA) is 89.3 Å². The van der Waals surface area contributed by atoms with Crippen molar-refractivity contribution in [1.82, 2.24) is 5.32 Å². The summed E-state index contributed by atoms with van der Waals surface area (Å²) in [6.07, 6.45) is 0.199.